The Balaban J connectivity index is 0.00000208. The molecule has 0 bridgehead atoms. The van der Waals surface area contributed by atoms with Gasteiger partial charge in [-0.3, -0.25) is 9.98 Å². The molecule has 1 heterocycles. The van der Waals surface area contributed by atoms with E-state index in [1.54, 1.807) is 6.20 Å². The van der Waals surface area contributed by atoms with Crippen LogP contribution in [0.1, 0.15) is 24.1 Å². The van der Waals surface area contributed by atoms with Gasteiger partial charge >= 0.3 is 0 Å². The first-order valence-electron chi connectivity index (χ1n) is 7.88. The normalized spacial score (nSPS) is 15.5. The average Bonchev–Trinajstić information content (AvgIpc) is 3.36. The second-order valence-corrected chi connectivity index (χ2v) is 5.99. The lowest BCUT2D eigenvalue weighted by Gasteiger charge is -2.14. The first kappa shape index (κ1) is 18.6. The Labute approximate surface area is 158 Å². The lowest BCUT2D eigenvalue weighted by Crippen LogP contribution is -2.34. The number of hydrogen-bond donors (Lipinski definition) is 2. The average molecular weight is 440 g/mol. The van der Waals surface area contributed by atoms with E-state index in [2.05, 4.69) is 15.3 Å². The van der Waals surface area contributed by atoms with Gasteiger partial charge in [0, 0.05) is 30.3 Å². The Morgan fingerprint density at radius 3 is 2.58 bits per heavy atom. The van der Waals surface area contributed by atoms with Crippen molar-refractivity contribution in [1.82, 2.24) is 10.3 Å². The molecule has 1 aromatic carbocycles. The van der Waals surface area contributed by atoms with E-state index in [9.17, 15) is 4.39 Å². The highest BCUT2D eigenvalue weighted by Gasteiger charge is 2.44. The van der Waals surface area contributed by atoms with Gasteiger partial charge in [0.25, 0.3) is 0 Å². The number of hydrogen-bond acceptors (Lipinski definition) is 2. The van der Waals surface area contributed by atoms with Gasteiger partial charge in [-0.15, -0.1) is 24.0 Å². The molecule has 4 nitrogen and oxygen atoms in total. The molecule has 1 saturated carbocycles. The molecule has 0 radical (unpaired) electrons. The van der Waals surface area contributed by atoms with Crippen LogP contribution in [-0.2, 0) is 11.8 Å². The largest absolute Gasteiger partial charge is 0.370 e. The van der Waals surface area contributed by atoms with Gasteiger partial charge in [0.05, 0.1) is 6.54 Å². The third-order valence-electron chi connectivity index (χ3n) is 4.28. The highest BCUT2D eigenvalue weighted by molar-refractivity contribution is 14.0. The van der Waals surface area contributed by atoms with Crippen molar-refractivity contribution in [3.63, 3.8) is 0 Å². The highest BCUT2D eigenvalue weighted by atomic mass is 127. The van der Waals surface area contributed by atoms with Gasteiger partial charge in [-0.2, -0.15) is 0 Å². The van der Waals surface area contributed by atoms with Crippen LogP contribution in [0.2, 0.25) is 0 Å². The Kier molecular flexibility index (Phi) is 6.53. The molecular weight excluding hydrogens is 418 g/mol. The molecule has 3 N–H and O–H groups in total. The van der Waals surface area contributed by atoms with Crippen LogP contribution in [0.3, 0.4) is 0 Å². The number of benzene rings is 1. The van der Waals surface area contributed by atoms with Gasteiger partial charge in [-0.25, -0.2) is 4.39 Å². The molecule has 1 aliphatic rings. The van der Waals surface area contributed by atoms with Gasteiger partial charge in [0.15, 0.2) is 5.96 Å². The third kappa shape index (κ3) is 4.90. The minimum Gasteiger partial charge on any atom is -0.370 e. The van der Waals surface area contributed by atoms with Crippen molar-refractivity contribution in [1.29, 1.82) is 0 Å². The van der Waals surface area contributed by atoms with Gasteiger partial charge in [-0.05, 0) is 42.7 Å². The number of aliphatic imine (C=N–C) groups is 1. The summed E-state index contributed by atoms with van der Waals surface area (Å²) in [5, 5.41) is 3.12. The van der Waals surface area contributed by atoms with E-state index in [1.165, 1.54) is 12.1 Å². The molecule has 3 rings (SSSR count). The molecule has 0 unspecified atom stereocenters. The van der Waals surface area contributed by atoms with Crippen molar-refractivity contribution in [2.75, 3.05) is 13.1 Å². The molecule has 6 heteroatoms. The summed E-state index contributed by atoms with van der Waals surface area (Å²) in [6.07, 6.45) is 4.74. The van der Waals surface area contributed by atoms with Crippen LogP contribution in [0.4, 0.5) is 4.39 Å². The number of rotatable bonds is 6. The van der Waals surface area contributed by atoms with Crippen LogP contribution in [0.15, 0.2) is 53.7 Å². The van der Waals surface area contributed by atoms with E-state index in [1.807, 2.05) is 30.3 Å². The quantitative estimate of drug-likeness (QED) is 0.413. The van der Waals surface area contributed by atoms with Crippen LogP contribution in [0, 0.1) is 5.82 Å². The number of aromatic nitrogens is 1. The molecular formula is C18H22FIN4. The predicted molar refractivity (Wildman–Crippen MR) is 105 cm³/mol. The van der Waals surface area contributed by atoms with Gasteiger partial charge in [-0.1, -0.05) is 18.2 Å². The second kappa shape index (κ2) is 8.41. The van der Waals surface area contributed by atoms with Crippen molar-refractivity contribution in [3.8, 4) is 0 Å². The number of pyridine rings is 1. The fraction of sp³-hybridized carbons (Fsp3) is 0.333. The number of nitrogens with zero attached hydrogens (tertiary/aromatic N) is 2. The number of guanidine groups is 1. The van der Waals surface area contributed by atoms with E-state index in [-0.39, 0.29) is 35.2 Å². The van der Waals surface area contributed by atoms with Crippen LogP contribution < -0.4 is 11.1 Å². The van der Waals surface area contributed by atoms with E-state index in [0.29, 0.717) is 19.0 Å². The molecule has 0 amide bonds. The van der Waals surface area contributed by atoms with Crippen LogP contribution in [0.25, 0.3) is 0 Å². The first-order valence-corrected chi connectivity index (χ1v) is 7.88. The topological polar surface area (TPSA) is 63.3 Å². The Morgan fingerprint density at radius 2 is 1.96 bits per heavy atom. The van der Waals surface area contributed by atoms with Crippen molar-refractivity contribution < 1.29 is 4.39 Å². The molecule has 1 aliphatic carbocycles. The third-order valence-corrected chi connectivity index (χ3v) is 4.28. The van der Waals surface area contributed by atoms with E-state index in [4.69, 9.17) is 5.73 Å². The van der Waals surface area contributed by atoms with E-state index < -0.39 is 0 Å². The Hall–Kier alpha value is -1.70. The molecule has 0 spiro atoms. The van der Waals surface area contributed by atoms with E-state index >= 15 is 0 Å². The maximum atomic E-state index is 13.0. The molecule has 24 heavy (non-hydrogen) atoms. The first-order chi connectivity index (χ1) is 11.2. The lowest BCUT2D eigenvalue weighted by molar-refractivity contribution is 0.623. The fourth-order valence-corrected chi connectivity index (χ4v) is 2.65. The zero-order chi connectivity index (χ0) is 16.1. The minimum absolute atomic E-state index is 0. The second-order valence-electron chi connectivity index (χ2n) is 5.99. The molecule has 2 aromatic rings. The summed E-state index contributed by atoms with van der Waals surface area (Å²) in [5.74, 6) is 0.248. The van der Waals surface area contributed by atoms with Crippen molar-refractivity contribution in [2.45, 2.75) is 24.7 Å². The molecule has 0 atom stereocenters. The molecule has 0 saturated heterocycles. The minimum atomic E-state index is -0.205. The summed E-state index contributed by atoms with van der Waals surface area (Å²) in [6, 6.07) is 12.6. The zero-order valence-corrected chi connectivity index (χ0v) is 15.7. The van der Waals surface area contributed by atoms with Gasteiger partial charge < -0.3 is 11.1 Å². The van der Waals surface area contributed by atoms with Gasteiger partial charge in [0.2, 0.25) is 0 Å². The summed E-state index contributed by atoms with van der Waals surface area (Å²) in [6.45, 7) is 1.34. The number of halogens is 2. The predicted octanol–water partition coefficient (Wildman–Crippen LogP) is 3.02. The van der Waals surface area contributed by atoms with Crippen molar-refractivity contribution in [3.05, 3.63) is 65.7 Å². The molecule has 0 aliphatic heterocycles. The van der Waals surface area contributed by atoms with Crippen LogP contribution in [0.5, 0.6) is 0 Å². The maximum absolute atomic E-state index is 13.0. The standard InChI is InChI=1S/C18H21FN4.HI/c19-15-6-4-14(5-7-15)18(9-10-18)13-23-17(20)22-12-8-16-3-1-2-11-21-16;/h1-7,11H,8-10,12-13H2,(H3,20,22,23);1H. The molecule has 1 fully saturated rings. The number of nitrogens with one attached hydrogen (secondary N) is 1. The highest BCUT2D eigenvalue weighted by Crippen LogP contribution is 2.48. The Morgan fingerprint density at radius 1 is 1.21 bits per heavy atom. The molecule has 1 aromatic heterocycles. The number of nitrogens with two attached hydrogens (primary N) is 1. The van der Waals surface area contributed by atoms with Crippen molar-refractivity contribution in [2.24, 2.45) is 10.7 Å². The summed E-state index contributed by atoms with van der Waals surface area (Å²) in [7, 11) is 0. The lowest BCUT2D eigenvalue weighted by atomic mass is 9.96. The zero-order valence-electron chi connectivity index (χ0n) is 13.4. The fourth-order valence-electron chi connectivity index (χ4n) is 2.65. The summed E-state index contributed by atoms with van der Waals surface area (Å²) >= 11 is 0. The summed E-state index contributed by atoms with van der Waals surface area (Å²) in [4.78, 5) is 8.72. The summed E-state index contributed by atoms with van der Waals surface area (Å²) < 4.78 is 13.0. The van der Waals surface area contributed by atoms with Crippen molar-refractivity contribution >= 4 is 29.9 Å². The monoisotopic (exact) mass is 440 g/mol. The smallest absolute Gasteiger partial charge is 0.188 e. The van der Waals surface area contributed by atoms with E-state index in [0.717, 1.165) is 30.5 Å². The molecule has 128 valence electrons. The SMILES string of the molecule is I.NC(=NCC1(c2ccc(F)cc2)CC1)NCCc1ccccn1. The van der Waals surface area contributed by atoms with Crippen LogP contribution in [-0.4, -0.2) is 24.0 Å². The van der Waals surface area contributed by atoms with Crippen LogP contribution >= 0.6 is 24.0 Å². The Bertz CT molecular complexity index is 669. The van der Waals surface area contributed by atoms with Gasteiger partial charge in [0.1, 0.15) is 5.82 Å². The summed E-state index contributed by atoms with van der Waals surface area (Å²) in [5.41, 5.74) is 8.14. The maximum Gasteiger partial charge on any atom is 0.188 e.